The zero-order valence-electron chi connectivity index (χ0n) is 16.8. The summed E-state index contributed by atoms with van der Waals surface area (Å²) >= 11 is 0. The van der Waals surface area contributed by atoms with Crippen LogP contribution in [0.15, 0.2) is 30.7 Å². The molecule has 0 atom stereocenters. The molecule has 0 saturated heterocycles. The van der Waals surface area contributed by atoms with E-state index in [0.29, 0.717) is 30.2 Å². The first kappa shape index (κ1) is 18.1. The predicted molar refractivity (Wildman–Crippen MR) is 108 cm³/mol. The molecule has 1 N–H and O–H groups in total. The van der Waals surface area contributed by atoms with Crippen LogP contribution < -0.4 is 4.74 Å². The number of aromatic nitrogens is 7. The lowest BCUT2D eigenvalue weighted by Gasteiger charge is -2.10. The van der Waals surface area contributed by atoms with Gasteiger partial charge in [-0.25, -0.2) is 14.8 Å². The zero-order chi connectivity index (χ0) is 20.7. The van der Waals surface area contributed by atoms with E-state index in [1.807, 2.05) is 4.68 Å². The van der Waals surface area contributed by atoms with Crippen LogP contribution in [0.4, 0.5) is 0 Å². The van der Waals surface area contributed by atoms with Crippen LogP contribution in [0.2, 0.25) is 0 Å². The number of fused-ring (bicyclic) bond motifs is 5. The molecule has 150 valence electrons. The van der Waals surface area contributed by atoms with Crippen LogP contribution in [0.1, 0.15) is 33.9 Å². The molecule has 1 aliphatic rings. The summed E-state index contributed by atoms with van der Waals surface area (Å²) in [7, 11) is 3.23. The lowest BCUT2D eigenvalue weighted by molar-refractivity contribution is 0.180. The number of imidazole rings is 1. The first-order chi connectivity index (χ1) is 14.7. The molecule has 0 amide bonds. The molecule has 0 unspecified atom stereocenters. The molecule has 30 heavy (non-hydrogen) atoms. The lowest BCUT2D eigenvalue weighted by Crippen LogP contribution is -2.04. The third-order valence-electron chi connectivity index (χ3n) is 5.07. The maximum absolute atomic E-state index is 5.34. The van der Waals surface area contributed by atoms with Crippen molar-refractivity contribution in [1.29, 1.82) is 0 Å². The van der Waals surface area contributed by atoms with E-state index in [1.54, 1.807) is 26.7 Å². The SMILES string of the molecule is COCc1nnn2c1Cc1c(C#Cc3cn[nH]c3OC)ncn1-c1ccc(C)cc1-2. The van der Waals surface area contributed by atoms with Crippen molar-refractivity contribution in [3.05, 3.63) is 64.6 Å². The van der Waals surface area contributed by atoms with Crippen molar-refractivity contribution in [1.82, 2.24) is 34.7 Å². The quantitative estimate of drug-likeness (QED) is 0.464. The summed E-state index contributed by atoms with van der Waals surface area (Å²) < 4.78 is 14.5. The minimum absolute atomic E-state index is 0.387. The lowest BCUT2D eigenvalue weighted by atomic mass is 10.1. The summed E-state index contributed by atoms with van der Waals surface area (Å²) in [6, 6.07) is 6.24. The summed E-state index contributed by atoms with van der Waals surface area (Å²) in [5, 5.41) is 15.5. The molecular weight excluding hydrogens is 382 g/mol. The monoisotopic (exact) mass is 401 g/mol. The Hall–Kier alpha value is -3.90. The number of methoxy groups -OCH3 is 2. The first-order valence-electron chi connectivity index (χ1n) is 9.39. The molecule has 1 aromatic carbocycles. The van der Waals surface area contributed by atoms with Crippen LogP contribution in [0.25, 0.3) is 11.4 Å². The minimum atomic E-state index is 0.387. The minimum Gasteiger partial charge on any atom is -0.480 e. The average molecular weight is 401 g/mol. The Morgan fingerprint density at radius 1 is 1.17 bits per heavy atom. The van der Waals surface area contributed by atoms with Gasteiger partial charge in [0.05, 0.1) is 42.7 Å². The number of aromatic amines is 1. The van der Waals surface area contributed by atoms with Gasteiger partial charge in [0, 0.05) is 13.5 Å². The molecule has 0 fully saturated rings. The second kappa shape index (κ2) is 7.17. The van der Waals surface area contributed by atoms with Crippen molar-refractivity contribution in [2.45, 2.75) is 20.0 Å². The van der Waals surface area contributed by atoms with Gasteiger partial charge in [-0.1, -0.05) is 17.2 Å². The highest BCUT2D eigenvalue weighted by Crippen LogP contribution is 2.30. The van der Waals surface area contributed by atoms with E-state index in [0.717, 1.165) is 34.0 Å². The van der Waals surface area contributed by atoms with Gasteiger partial charge in [0.15, 0.2) is 0 Å². The van der Waals surface area contributed by atoms with Crippen molar-refractivity contribution in [3.8, 4) is 29.1 Å². The molecule has 9 nitrogen and oxygen atoms in total. The Bertz CT molecular complexity index is 1300. The van der Waals surface area contributed by atoms with Crippen LogP contribution in [0.3, 0.4) is 0 Å². The molecule has 3 aromatic heterocycles. The van der Waals surface area contributed by atoms with Crippen molar-refractivity contribution in [3.63, 3.8) is 0 Å². The van der Waals surface area contributed by atoms with Crippen molar-refractivity contribution in [2.24, 2.45) is 0 Å². The molecule has 0 aliphatic carbocycles. The van der Waals surface area contributed by atoms with E-state index in [9.17, 15) is 0 Å². The zero-order valence-corrected chi connectivity index (χ0v) is 16.8. The second-order valence-electron chi connectivity index (χ2n) is 6.97. The van der Waals surface area contributed by atoms with Crippen LogP contribution in [0.5, 0.6) is 5.88 Å². The summed E-state index contributed by atoms with van der Waals surface area (Å²) in [6.07, 6.45) is 4.01. The summed E-state index contributed by atoms with van der Waals surface area (Å²) in [6.45, 7) is 2.44. The maximum atomic E-state index is 5.34. The molecular formula is C21H19N7O2. The molecule has 4 heterocycles. The molecule has 1 aliphatic heterocycles. The van der Waals surface area contributed by atoms with Crippen LogP contribution >= 0.6 is 0 Å². The summed E-state index contributed by atoms with van der Waals surface area (Å²) in [5.41, 5.74) is 7.16. The number of aryl methyl sites for hydroxylation is 1. The van der Waals surface area contributed by atoms with Gasteiger partial charge in [0.2, 0.25) is 5.88 Å². The van der Waals surface area contributed by atoms with Gasteiger partial charge in [-0.15, -0.1) is 5.10 Å². The third kappa shape index (κ3) is 2.86. The number of benzene rings is 1. The van der Waals surface area contributed by atoms with Crippen molar-refractivity contribution in [2.75, 3.05) is 14.2 Å². The molecule has 9 heteroatoms. The maximum Gasteiger partial charge on any atom is 0.225 e. The van der Waals surface area contributed by atoms with Crippen LogP contribution in [-0.2, 0) is 17.8 Å². The van der Waals surface area contributed by atoms with Crippen molar-refractivity contribution < 1.29 is 9.47 Å². The molecule has 5 rings (SSSR count). The largest absolute Gasteiger partial charge is 0.480 e. The fourth-order valence-corrected chi connectivity index (χ4v) is 3.62. The Labute approximate surface area is 172 Å². The fourth-order valence-electron chi connectivity index (χ4n) is 3.62. The number of H-pyrrole nitrogens is 1. The average Bonchev–Trinajstić information content (AvgIpc) is 3.45. The number of hydrogen-bond acceptors (Lipinski definition) is 6. The van der Waals surface area contributed by atoms with Gasteiger partial charge < -0.3 is 9.47 Å². The number of nitrogens with zero attached hydrogens (tertiary/aromatic N) is 6. The van der Waals surface area contributed by atoms with E-state index >= 15 is 0 Å². The second-order valence-corrected chi connectivity index (χ2v) is 6.97. The first-order valence-corrected chi connectivity index (χ1v) is 9.39. The third-order valence-corrected chi connectivity index (χ3v) is 5.07. The van der Waals surface area contributed by atoms with Gasteiger partial charge >= 0.3 is 0 Å². The molecule has 0 radical (unpaired) electrons. The smallest absolute Gasteiger partial charge is 0.225 e. The van der Waals surface area contributed by atoms with Crippen LogP contribution in [-0.4, -0.2) is 49.0 Å². The van der Waals surface area contributed by atoms with E-state index in [1.165, 1.54) is 0 Å². The highest BCUT2D eigenvalue weighted by atomic mass is 16.5. The Kier molecular flexibility index (Phi) is 4.34. The molecule has 4 aromatic rings. The van der Waals surface area contributed by atoms with Gasteiger partial charge in [-0.2, -0.15) is 5.10 Å². The predicted octanol–water partition coefficient (Wildman–Crippen LogP) is 1.94. The Morgan fingerprint density at radius 2 is 2.07 bits per heavy atom. The van der Waals surface area contributed by atoms with Crippen LogP contribution in [0, 0.1) is 18.8 Å². The van der Waals surface area contributed by atoms with E-state index in [2.05, 4.69) is 67.0 Å². The van der Waals surface area contributed by atoms with Crippen molar-refractivity contribution >= 4 is 0 Å². The topological polar surface area (TPSA) is 95.7 Å². The highest BCUT2D eigenvalue weighted by Gasteiger charge is 2.25. The van der Waals surface area contributed by atoms with E-state index in [-0.39, 0.29) is 0 Å². The van der Waals surface area contributed by atoms with E-state index in [4.69, 9.17) is 9.47 Å². The number of ether oxygens (including phenoxy) is 2. The standard InChI is InChI=1S/C21H19N7O2/c1-13-4-7-17-20(8-13)28-19(16(11-29-2)24-26-28)9-18-15(22-12-27(17)18)6-5-14-10-23-25-21(14)30-3/h4,7-8,10,12H,9,11H2,1-3H3,(H,23,25). The highest BCUT2D eigenvalue weighted by molar-refractivity contribution is 5.59. The normalized spacial score (nSPS) is 11.7. The molecule has 0 bridgehead atoms. The number of nitrogens with one attached hydrogen (secondary N) is 1. The Balaban J connectivity index is 1.69. The van der Waals surface area contributed by atoms with Gasteiger partial charge in [-0.05, 0) is 30.5 Å². The molecule has 0 spiro atoms. The van der Waals surface area contributed by atoms with E-state index < -0.39 is 0 Å². The molecule has 0 saturated carbocycles. The number of rotatable bonds is 3. The van der Waals surface area contributed by atoms with Gasteiger partial charge in [0.25, 0.3) is 0 Å². The van der Waals surface area contributed by atoms with Gasteiger partial charge in [-0.3, -0.25) is 4.57 Å². The summed E-state index contributed by atoms with van der Waals surface area (Å²) in [4.78, 5) is 4.59. The van der Waals surface area contributed by atoms with Gasteiger partial charge in [0.1, 0.15) is 23.3 Å². The number of hydrogen-bond donors (Lipinski definition) is 1. The fraction of sp³-hybridized carbons (Fsp3) is 0.238. The summed E-state index contributed by atoms with van der Waals surface area (Å²) in [5.74, 6) is 6.80. The Morgan fingerprint density at radius 3 is 2.90 bits per heavy atom.